The summed E-state index contributed by atoms with van der Waals surface area (Å²) in [5.41, 5.74) is -0.0306. The minimum atomic E-state index is -3.66. The van der Waals surface area contributed by atoms with E-state index in [1.807, 2.05) is 27.7 Å². The standard InChI is InChI=1S/C17H24N2O4S/c1-16(2)10-11-9-12(5-6-13(11)23-16)24(21,22)19-14-7-8-15(20)18-17(14,3)4/h5-6,9,14,19H,7-8,10H2,1-4H3,(H,18,20)/t14-/m0/s1. The second kappa shape index (κ2) is 5.46. The lowest BCUT2D eigenvalue weighted by Crippen LogP contribution is -2.61. The maximum absolute atomic E-state index is 12.8. The molecule has 1 fully saturated rings. The molecule has 0 spiro atoms. The molecule has 2 aliphatic rings. The first kappa shape index (κ1) is 17.2. The van der Waals surface area contributed by atoms with Gasteiger partial charge in [-0.1, -0.05) is 0 Å². The number of hydrogen-bond acceptors (Lipinski definition) is 4. The summed E-state index contributed by atoms with van der Waals surface area (Å²) in [6, 6.07) is 4.62. The normalized spacial score (nSPS) is 24.8. The van der Waals surface area contributed by atoms with Gasteiger partial charge in [-0.2, -0.15) is 0 Å². The van der Waals surface area contributed by atoms with E-state index < -0.39 is 15.6 Å². The average molecular weight is 352 g/mol. The molecular formula is C17H24N2O4S. The highest BCUT2D eigenvalue weighted by atomic mass is 32.2. The molecule has 1 amide bonds. The molecule has 0 bridgehead atoms. The minimum Gasteiger partial charge on any atom is -0.487 e. The molecule has 3 rings (SSSR count). The summed E-state index contributed by atoms with van der Waals surface area (Å²) in [5, 5.41) is 2.85. The van der Waals surface area contributed by atoms with Gasteiger partial charge in [0.15, 0.2) is 0 Å². The number of carbonyl (C=O) groups excluding carboxylic acids is 1. The van der Waals surface area contributed by atoms with Crippen LogP contribution in [-0.2, 0) is 21.2 Å². The zero-order valence-electron chi connectivity index (χ0n) is 14.5. The maximum atomic E-state index is 12.8. The van der Waals surface area contributed by atoms with E-state index in [9.17, 15) is 13.2 Å². The van der Waals surface area contributed by atoms with Crippen molar-refractivity contribution < 1.29 is 17.9 Å². The topological polar surface area (TPSA) is 84.5 Å². The van der Waals surface area contributed by atoms with Crippen LogP contribution in [0.4, 0.5) is 0 Å². The Morgan fingerprint density at radius 3 is 2.62 bits per heavy atom. The molecule has 1 saturated heterocycles. The van der Waals surface area contributed by atoms with Gasteiger partial charge < -0.3 is 10.1 Å². The van der Waals surface area contributed by atoms with Crippen molar-refractivity contribution in [1.82, 2.24) is 10.0 Å². The molecular weight excluding hydrogens is 328 g/mol. The van der Waals surface area contributed by atoms with Crippen LogP contribution < -0.4 is 14.8 Å². The van der Waals surface area contributed by atoms with Crippen molar-refractivity contribution in [3.63, 3.8) is 0 Å². The predicted octanol–water partition coefficient (Wildman–Crippen LogP) is 1.74. The molecule has 1 aromatic carbocycles. The molecule has 7 heteroatoms. The molecule has 0 aliphatic carbocycles. The van der Waals surface area contributed by atoms with E-state index in [1.54, 1.807) is 18.2 Å². The molecule has 0 radical (unpaired) electrons. The van der Waals surface area contributed by atoms with Gasteiger partial charge in [0, 0.05) is 18.9 Å². The van der Waals surface area contributed by atoms with Crippen LogP contribution in [0.2, 0.25) is 0 Å². The number of piperidine rings is 1. The molecule has 132 valence electrons. The summed E-state index contributed by atoms with van der Waals surface area (Å²) in [7, 11) is -3.66. The number of fused-ring (bicyclic) bond motifs is 1. The van der Waals surface area contributed by atoms with Gasteiger partial charge in [-0.25, -0.2) is 13.1 Å². The van der Waals surface area contributed by atoms with Crippen molar-refractivity contribution >= 4 is 15.9 Å². The fraction of sp³-hybridized carbons (Fsp3) is 0.588. The highest BCUT2D eigenvalue weighted by molar-refractivity contribution is 7.89. The van der Waals surface area contributed by atoms with E-state index in [2.05, 4.69) is 10.0 Å². The Kier molecular flexibility index (Phi) is 3.92. The number of ether oxygens (including phenoxy) is 1. The van der Waals surface area contributed by atoms with Crippen LogP contribution in [0.1, 0.15) is 46.1 Å². The average Bonchev–Trinajstić information content (AvgIpc) is 2.74. The Labute approximate surface area is 143 Å². The number of amides is 1. The van der Waals surface area contributed by atoms with Crippen LogP contribution >= 0.6 is 0 Å². The van der Waals surface area contributed by atoms with Crippen LogP contribution in [0.5, 0.6) is 5.75 Å². The summed E-state index contributed by atoms with van der Waals surface area (Å²) in [4.78, 5) is 11.8. The van der Waals surface area contributed by atoms with Crippen molar-refractivity contribution in [3.05, 3.63) is 23.8 Å². The van der Waals surface area contributed by atoms with Gasteiger partial charge in [0.25, 0.3) is 0 Å². The largest absolute Gasteiger partial charge is 0.487 e. The molecule has 2 aliphatic heterocycles. The van der Waals surface area contributed by atoms with E-state index >= 15 is 0 Å². The highest BCUT2D eigenvalue weighted by Gasteiger charge is 2.38. The van der Waals surface area contributed by atoms with Crippen LogP contribution in [0.3, 0.4) is 0 Å². The van der Waals surface area contributed by atoms with Gasteiger partial charge in [0.2, 0.25) is 15.9 Å². The molecule has 6 nitrogen and oxygen atoms in total. The van der Waals surface area contributed by atoms with Crippen molar-refractivity contribution in [1.29, 1.82) is 0 Å². The SMILES string of the molecule is CC1(C)Cc2cc(S(=O)(=O)N[C@H]3CCC(=O)NC3(C)C)ccc2O1. The monoisotopic (exact) mass is 352 g/mol. The lowest BCUT2D eigenvalue weighted by molar-refractivity contribution is -0.125. The second-order valence-electron chi connectivity index (χ2n) is 7.79. The molecule has 0 saturated carbocycles. The number of carbonyl (C=O) groups is 1. The van der Waals surface area contributed by atoms with Gasteiger partial charge in [0.1, 0.15) is 11.4 Å². The van der Waals surface area contributed by atoms with Gasteiger partial charge >= 0.3 is 0 Å². The van der Waals surface area contributed by atoms with Crippen molar-refractivity contribution in [2.45, 2.75) is 69.0 Å². The summed E-state index contributed by atoms with van der Waals surface area (Å²) in [6.45, 7) is 7.62. The Bertz CT molecular complexity index is 784. The highest BCUT2D eigenvalue weighted by Crippen LogP contribution is 2.36. The van der Waals surface area contributed by atoms with Crippen molar-refractivity contribution in [2.75, 3.05) is 0 Å². The molecule has 0 aromatic heterocycles. The first-order valence-electron chi connectivity index (χ1n) is 8.14. The lowest BCUT2D eigenvalue weighted by Gasteiger charge is -2.39. The minimum absolute atomic E-state index is 0.0487. The van der Waals surface area contributed by atoms with Gasteiger partial charge in [-0.05, 0) is 57.9 Å². The van der Waals surface area contributed by atoms with Crippen molar-refractivity contribution in [2.24, 2.45) is 0 Å². The van der Waals surface area contributed by atoms with E-state index in [1.165, 1.54) is 0 Å². The van der Waals surface area contributed by atoms with E-state index in [-0.39, 0.29) is 22.4 Å². The molecule has 1 atom stereocenters. The third kappa shape index (κ3) is 3.28. The zero-order valence-corrected chi connectivity index (χ0v) is 15.3. The van der Waals surface area contributed by atoms with E-state index in [0.717, 1.165) is 11.3 Å². The molecule has 2 heterocycles. The molecule has 2 N–H and O–H groups in total. The predicted molar refractivity (Wildman–Crippen MR) is 90.4 cm³/mol. The van der Waals surface area contributed by atoms with Gasteiger partial charge in [-0.3, -0.25) is 4.79 Å². The zero-order chi connectivity index (χ0) is 17.8. The first-order valence-corrected chi connectivity index (χ1v) is 9.62. The van der Waals surface area contributed by atoms with E-state index in [4.69, 9.17) is 4.74 Å². The Morgan fingerprint density at radius 1 is 1.25 bits per heavy atom. The second-order valence-corrected chi connectivity index (χ2v) is 9.50. The Balaban J connectivity index is 1.83. The summed E-state index contributed by atoms with van der Waals surface area (Å²) in [5.74, 6) is 0.691. The quantitative estimate of drug-likeness (QED) is 0.868. The van der Waals surface area contributed by atoms with Crippen LogP contribution in [-0.4, -0.2) is 31.5 Å². The van der Waals surface area contributed by atoms with Crippen molar-refractivity contribution in [3.8, 4) is 5.75 Å². The Morgan fingerprint density at radius 2 is 1.96 bits per heavy atom. The smallest absolute Gasteiger partial charge is 0.240 e. The number of sulfonamides is 1. The summed E-state index contributed by atoms with van der Waals surface area (Å²) >= 11 is 0. The van der Waals surface area contributed by atoms with Gasteiger partial charge in [-0.15, -0.1) is 0 Å². The van der Waals surface area contributed by atoms with Gasteiger partial charge in [0.05, 0.1) is 10.4 Å². The number of hydrogen-bond donors (Lipinski definition) is 2. The summed E-state index contributed by atoms with van der Waals surface area (Å²) < 4.78 is 34.1. The fourth-order valence-electron chi connectivity index (χ4n) is 3.36. The Hall–Kier alpha value is -1.60. The third-order valence-electron chi connectivity index (χ3n) is 4.63. The lowest BCUT2D eigenvalue weighted by atomic mass is 9.88. The number of nitrogens with one attached hydrogen (secondary N) is 2. The van der Waals surface area contributed by atoms with E-state index in [0.29, 0.717) is 19.3 Å². The number of benzene rings is 1. The molecule has 24 heavy (non-hydrogen) atoms. The molecule has 0 unspecified atom stereocenters. The van der Waals surface area contributed by atoms with Crippen LogP contribution in [0.25, 0.3) is 0 Å². The molecule has 1 aromatic rings. The number of rotatable bonds is 3. The van der Waals surface area contributed by atoms with Crippen LogP contribution in [0, 0.1) is 0 Å². The maximum Gasteiger partial charge on any atom is 0.240 e. The fourth-order valence-corrected chi connectivity index (χ4v) is 4.83. The summed E-state index contributed by atoms with van der Waals surface area (Å²) in [6.07, 6.45) is 1.48. The first-order chi connectivity index (χ1) is 11.0. The third-order valence-corrected chi connectivity index (χ3v) is 6.10. The van der Waals surface area contributed by atoms with Crippen LogP contribution in [0.15, 0.2) is 23.1 Å².